The summed E-state index contributed by atoms with van der Waals surface area (Å²) in [5, 5.41) is 3.09. The van der Waals surface area contributed by atoms with E-state index in [4.69, 9.17) is 12.2 Å². The zero-order chi connectivity index (χ0) is 24.8. The Balaban J connectivity index is 2.01. The smallest absolute Gasteiger partial charge is 0.224 e. The summed E-state index contributed by atoms with van der Waals surface area (Å²) in [6, 6.07) is 10.5. The molecule has 0 aliphatic rings. The molecule has 0 saturated carbocycles. The van der Waals surface area contributed by atoms with Gasteiger partial charge in [-0.3, -0.25) is 4.79 Å². The summed E-state index contributed by atoms with van der Waals surface area (Å²) in [7, 11) is 0. The van der Waals surface area contributed by atoms with Crippen molar-refractivity contribution in [2.75, 3.05) is 41.3 Å². The minimum absolute atomic E-state index is 0.000844. The van der Waals surface area contributed by atoms with E-state index in [0.29, 0.717) is 16.7 Å². The Hall–Kier alpha value is -2.41. The van der Waals surface area contributed by atoms with E-state index in [1.54, 1.807) is 0 Å². The molecule has 0 spiro atoms. The largest absolute Gasteiger partial charge is 0.372 e. The number of aromatic amines is 1. The van der Waals surface area contributed by atoms with Gasteiger partial charge in [-0.05, 0) is 51.2 Å². The Morgan fingerprint density at radius 1 is 0.912 bits per heavy atom. The van der Waals surface area contributed by atoms with Crippen LogP contribution in [0.15, 0.2) is 30.3 Å². The van der Waals surface area contributed by atoms with Gasteiger partial charge >= 0.3 is 0 Å². The van der Waals surface area contributed by atoms with E-state index >= 15 is 0 Å². The average molecular weight is 486 g/mol. The number of nitrogens with one attached hydrogen (secondary N) is 2. The number of carbonyl (C=O) groups excluding carboxylic acids is 1. The molecule has 0 fully saturated rings. The van der Waals surface area contributed by atoms with Crippen LogP contribution in [0.5, 0.6) is 0 Å². The van der Waals surface area contributed by atoms with Crippen LogP contribution >= 0.6 is 12.2 Å². The monoisotopic (exact) mass is 485 g/mol. The molecule has 0 saturated heterocycles. The highest BCUT2D eigenvalue weighted by Gasteiger charge is 2.17. The van der Waals surface area contributed by atoms with Crippen molar-refractivity contribution in [3.05, 3.63) is 40.8 Å². The topological polar surface area (TPSA) is 64.3 Å². The van der Waals surface area contributed by atoms with Crippen molar-refractivity contribution in [2.24, 2.45) is 0 Å². The first kappa shape index (κ1) is 27.8. The summed E-state index contributed by atoms with van der Waals surface area (Å²) in [5.74, 6) is 1.66. The van der Waals surface area contributed by atoms with Crippen LogP contribution in [0.4, 0.5) is 17.2 Å². The van der Waals surface area contributed by atoms with Crippen molar-refractivity contribution >= 4 is 35.3 Å². The number of aryl methyl sites for hydroxylation is 1. The second-order valence-corrected chi connectivity index (χ2v) is 9.26. The van der Waals surface area contributed by atoms with Gasteiger partial charge in [-0.15, -0.1) is 0 Å². The van der Waals surface area contributed by atoms with Crippen LogP contribution in [0.25, 0.3) is 0 Å². The van der Waals surface area contributed by atoms with Crippen molar-refractivity contribution in [1.82, 2.24) is 9.97 Å². The van der Waals surface area contributed by atoms with Crippen LogP contribution in [0.3, 0.4) is 0 Å². The number of unbranched alkanes of at least 4 members (excludes halogenated alkanes) is 3. The Labute approximate surface area is 211 Å². The third-order valence-corrected chi connectivity index (χ3v) is 6.16. The van der Waals surface area contributed by atoms with E-state index in [-0.39, 0.29) is 5.91 Å². The molecule has 7 heteroatoms. The van der Waals surface area contributed by atoms with E-state index < -0.39 is 0 Å². The normalized spacial score (nSPS) is 10.8. The Bertz CT molecular complexity index is 907. The molecule has 0 aliphatic carbocycles. The van der Waals surface area contributed by atoms with Crippen LogP contribution in [-0.2, 0) is 4.79 Å². The van der Waals surface area contributed by atoms with Crippen LogP contribution in [0, 0.1) is 11.6 Å². The number of nitrogens with zero attached hydrogens (tertiary/aromatic N) is 3. The average Bonchev–Trinajstić information content (AvgIpc) is 2.83. The maximum atomic E-state index is 12.9. The highest BCUT2D eigenvalue weighted by atomic mass is 32.1. The van der Waals surface area contributed by atoms with Gasteiger partial charge in [-0.2, -0.15) is 0 Å². The molecule has 2 N–H and O–H groups in total. The quantitative estimate of drug-likeness (QED) is 0.200. The molecule has 0 unspecified atom stereocenters. The number of amides is 1. The fraction of sp³-hybridized carbons (Fsp3) is 0.593. The van der Waals surface area contributed by atoms with Crippen molar-refractivity contribution in [2.45, 2.75) is 79.1 Å². The van der Waals surface area contributed by atoms with Gasteiger partial charge in [0.1, 0.15) is 17.3 Å². The number of anilines is 3. The zero-order valence-electron chi connectivity index (χ0n) is 21.5. The summed E-state index contributed by atoms with van der Waals surface area (Å²) in [5.41, 5.74) is 1.89. The molecule has 34 heavy (non-hydrogen) atoms. The lowest BCUT2D eigenvalue weighted by Gasteiger charge is -2.27. The minimum Gasteiger partial charge on any atom is -0.372 e. The SMILES string of the molecule is CCCCN(CCCC)c1[nH]c(C)nc(=S)c1NC(=O)CCCCN(CCC)c1ccccc1. The van der Waals surface area contributed by atoms with Crippen LogP contribution < -0.4 is 15.1 Å². The van der Waals surface area contributed by atoms with Crippen molar-refractivity contribution in [3.8, 4) is 0 Å². The van der Waals surface area contributed by atoms with Gasteiger partial charge in [-0.1, -0.05) is 64.0 Å². The number of rotatable bonds is 16. The third kappa shape index (κ3) is 9.09. The van der Waals surface area contributed by atoms with Gasteiger partial charge < -0.3 is 20.1 Å². The van der Waals surface area contributed by atoms with Gasteiger partial charge in [0.25, 0.3) is 0 Å². The first-order valence-corrected chi connectivity index (χ1v) is 13.4. The van der Waals surface area contributed by atoms with Crippen molar-refractivity contribution in [3.63, 3.8) is 0 Å². The molecule has 2 rings (SSSR count). The lowest BCUT2D eigenvalue weighted by Crippen LogP contribution is -2.29. The zero-order valence-corrected chi connectivity index (χ0v) is 22.3. The molecular formula is C27H43N5OS. The van der Waals surface area contributed by atoms with Crippen LogP contribution in [0.2, 0.25) is 0 Å². The summed E-state index contributed by atoms with van der Waals surface area (Å²) in [6.45, 7) is 12.3. The number of benzene rings is 1. The lowest BCUT2D eigenvalue weighted by atomic mass is 10.2. The Kier molecular flexibility index (Phi) is 12.7. The molecule has 0 atom stereocenters. The predicted molar refractivity (Wildman–Crippen MR) is 148 cm³/mol. The van der Waals surface area contributed by atoms with E-state index in [1.807, 2.05) is 13.0 Å². The first-order valence-electron chi connectivity index (χ1n) is 13.0. The fourth-order valence-corrected chi connectivity index (χ4v) is 4.31. The standard InChI is InChI=1S/C27H43N5OS/c1-5-8-19-32(20-9-6-2)26-25(27(34)29-22(4)28-26)30-24(33)17-13-14-21-31(18-7-3)23-15-11-10-12-16-23/h10-12,15-16H,5-9,13-14,17-21H2,1-4H3,(H,30,33)(H,28,29,34). The second-order valence-electron chi connectivity index (χ2n) is 8.87. The lowest BCUT2D eigenvalue weighted by molar-refractivity contribution is -0.116. The fourth-order valence-electron chi connectivity index (χ4n) is 4.02. The highest BCUT2D eigenvalue weighted by molar-refractivity contribution is 7.71. The van der Waals surface area contributed by atoms with Gasteiger partial charge in [0.15, 0.2) is 4.64 Å². The van der Waals surface area contributed by atoms with E-state index in [0.717, 1.165) is 82.8 Å². The molecule has 1 heterocycles. The highest BCUT2D eigenvalue weighted by Crippen LogP contribution is 2.26. The molecule has 1 aromatic heterocycles. The van der Waals surface area contributed by atoms with Gasteiger partial charge in [0.2, 0.25) is 5.91 Å². The summed E-state index contributed by atoms with van der Waals surface area (Å²) in [4.78, 5) is 25.4. The maximum Gasteiger partial charge on any atom is 0.224 e. The molecule has 1 amide bonds. The minimum atomic E-state index is -0.000844. The van der Waals surface area contributed by atoms with Crippen molar-refractivity contribution < 1.29 is 4.79 Å². The van der Waals surface area contributed by atoms with Crippen molar-refractivity contribution in [1.29, 1.82) is 0 Å². The number of carbonyl (C=O) groups is 1. The number of hydrogen-bond donors (Lipinski definition) is 2. The summed E-state index contributed by atoms with van der Waals surface area (Å²) < 4.78 is 0.454. The molecule has 1 aromatic carbocycles. The first-order chi connectivity index (χ1) is 16.5. The summed E-state index contributed by atoms with van der Waals surface area (Å²) >= 11 is 5.56. The molecule has 2 aromatic rings. The van der Waals surface area contributed by atoms with E-state index in [9.17, 15) is 4.79 Å². The number of aromatic nitrogens is 2. The van der Waals surface area contributed by atoms with Gasteiger partial charge in [0.05, 0.1) is 0 Å². The molecule has 0 radical (unpaired) electrons. The third-order valence-electron chi connectivity index (χ3n) is 5.86. The van der Waals surface area contributed by atoms with Crippen LogP contribution in [0.1, 0.15) is 78.0 Å². The van der Waals surface area contributed by atoms with Gasteiger partial charge in [0, 0.05) is 38.3 Å². The van der Waals surface area contributed by atoms with E-state index in [1.165, 1.54) is 5.69 Å². The molecule has 188 valence electrons. The maximum absolute atomic E-state index is 12.9. The number of para-hydroxylation sites is 1. The predicted octanol–water partition coefficient (Wildman–Crippen LogP) is 6.88. The Morgan fingerprint density at radius 2 is 1.56 bits per heavy atom. The molecule has 0 aliphatic heterocycles. The molecule has 6 nitrogen and oxygen atoms in total. The summed E-state index contributed by atoms with van der Waals surface area (Å²) in [6.07, 6.45) is 7.79. The second kappa shape index (κ2) is 15.5. The van der Waals surface area contributed by atoms with Gasteiger partial charge in [-0.25, -0.2) is 4.98 Å². The van der Waals surface area contributed by atoms with E-state index in [2.05, 4.69) is 70.1 Å². The molecule has 0 bridgehead atoms. The van der Waals surface area contributed by atoms with Crippen LogP contribution in [-0.4, -0.2) is 42.1 Å². The molecular weight excluding hydrogens is 442 g/mol. The number of H-pyrrole nitrogens is 1. The Morgan fingerprint density at radius 3 is 2.18 bits per heavy atom. The number of hydrogen-bond acceptors (Lipinski definition) is 5.